The molecular formula is C16H23FN2O2. The van der Waals surface area contributed by atoms with Gasteiger partial charge in [0, 0.05) is 6.04 Å². The SMILES string of the molecule is Cc1ccc(C(C)NC(=O)NC2CCC(O)CC2)cc1F. The van der Waals surface area contributed by atoms with Crippen molar-refractivity contribution >= 4 is 6.03 Å². The van der Waals surface area contributed by atoms with Crippen molar-refractivity contribution in [3.63, 3.8) is 0 Å². The van der Waals surface area contributed by atoms with Crippen LogP contribution in [0.1, 0.15) is 49.8 Å². The smallest absolute Gasteiger partial charge is 0.315 e. The molecule has 1 unspecified atom stereocenters. The van der Waals surface area contributed by atoms with Gasteiger partial charge in [0.15, 0.2) is 0 Å². The van der Waals surface area contributed by atoms with Crippen molar-refractivity contribution in [2.24, 2.45) is 0 Å². The van der Waals surface area contributed by atoms with Gasteiger partial charge in [0.1, 0.15) is 5.82 Å². The van der Waals surface area contributed by atoms with E-state index >= 15 is 0 Å². The second kappa shape index (κ2) is 6.89. The van der Waals surface area contributed by atoms with Crippen molar-refractivity contribution in [1.82, 2.24) is 10.6 Å². The van der Waals surface area contributed by atoms with Crippen molar-refractivity contribution < 1.29 is 14.3 Å². The van der Waals surface area contributed by atoms with Crippen LogP contribution in [-0.4, -0.2) is 23.3 Å². The minimum absolute atomic E-state index is 0.107. The maximum absolute atomic E-state index is 13.5. The topological polar surface area (TPSA) is 61.4 Å². The van der Waals surface area contributed by atoms with Crippen LogP contribution in [0.25, 0.3) is 0 Å². The van der Waals surface area contributed by atoms with Crippen LogP contribution < -0.4 is 10.6 Å². The fraction of sp³-hybridized carbons (Fsp3) is 0.562. The molecule has 1 aliphatic rings. The second-order valence-electron chi connectivity index (χ2n) is 5.85. The molecule has 5 heteroatoms. The van der Waals surface area contributed by atoms with Crippen molar-refractivity contribution in [2.45, 2.75) is 57.7 Å². The van der Waals surface area contributed by atoms with E-state index in [1.165, 1.54) is 6.07 Å². The van der Waals surface area contributed by atoms with Crippen LogP contribution in [0, 0.1) is 12.7 Å². The molecule has 116 valence electrons. The van der Waals surface area contributed by atoms with Gasteiger partial charge in [-0.15, -0.1) is 0 Å². The predicted molar refractivity (Wildman–Crippen MR) is 79.5 cm³/mol. The molecule has 0 aromatic heterocycles. The Balaban J connectivity index is 1.85. The molecule has 0 spiro atoms. The second-order valence-corrected chi connectivity index (χ2v) is 5.85. The lowest BCUT2D eigenvalue weighted by Crippen LogP contribution is -2.44. The molecule has 4 nitrogen and oxygen atoms in total. The lowest BCUT2D eigenvalue weighted by atomic mass is 9.93. The van der Waals surface area contributed by atoms with E-state index in [1.807, 2.05) is 13.0 Å². The predicted octanol–water partition coefficient (Wildman–Crippen LogP) is 2.80. The van der Waals surface area contributed by atoms with E-state index in [1.54, 1.807) is 13.0 Å². The summed E-state index contributed by atoms with van der Waals surface area (Å²) in [5, 5.41) is 15.2. The Hall–Kier alpha value is -1.62. The quantitative estimate of drug-likeness (QED) is 0.803. The summed E-state index contributed by atoms with van der Waals surface area (Å²) in [6.45, 7) is 3.54. The lowest BCUT2D eigenvalue weighted by molar-refractivity contribution is 0.117. The summed E-state index contributed by atoms with van der Waals surface area (Å²) < 4.78 is 13.5. The Morgan fingerprint density at radius 3 is 2.62 bits per heavy atom. The number of carbonyl (C=O) groups is 1. The number of urea groups is 1. The van der Waals surface area contributed by atoms with Crippen LogP contribution in [-0.2, 0) is 0 Å². The maximum atomic E-state index is 13.5. The summed E-state index contributed by atoms with van der Waals surface area (Å²) >= 11 is 0. The molecule has 1 atom stereocenters. The van der Waals surface area contributed by atoms with E-state index < -0.39 is 0 Å². The van der Waals surface area contributed by atoms with E-state index in [9.17, 15) is 14.3 Å². The standard InChI is InChI=1S/C16H23FN2O2/c1-10-3-4-12(9-15(10)17)11(2)18-16(21)19-13-5-7-14(20)8-6-13/h3-4,9,11,13-14,20H,5-8H2,1-2H3,(H2,18,19,21). The first-order valence-electron chi connectivity index (χ1n) is 7.47. The number of nitrogens with one attached hydrogen (secondary N) is 2. The number of aliphatic hydroxyl groups is 1. The van der Waals surface area contributed by atoms with Crippen molar-refractivity contribution in [3.8, 4) is 0 Å². The summed E-state index contributed by atoms with van der Waals surface area (Å²) in [5.41, 5.74) is 1.34. The molecule has 2 amide bonds. The van der Waals surface area contributed by atoms with Gasteiger partial charge in [-0.25, -0.2) is 9.18 Å². The molecule has 0 heterocycles. The van der Waals surface area contributed by atoms with Crippen molar-refractivity contribution in [3.05, 3.63) is 35.1 Å². The molecule has 1 aliphatic carbocycles. The highest BCUT2D eigenvalue weighted by atomic mass is 19.1. The van der Waals surface area contributed by atoms with Gasteiger partial charge in [-0.3, -0.25) is 0 Å². The van der Waals surface area contributed by atoms with Gasteiger partial charge >= 0.3 is 6.03 Å². The number of halogens is 1. The summed E-state index contributed by atoms with van der Waals surface area (Å²) in [4.78, 5) is 11.9. The van der Waals surface area contributed by atoms with Gasteiger partial charge in [0.25, 0.3) is 0 Å². The van der Waals surface area contributed by atoms with Gasteiger partial charge in [0.2, 0.25) is 0 Å². The molecule has 1 aromatic carbocycles. The monoisotopic (exact) mass is 294 g/mol. The van der Waals surface area contributed by atoms with Crippen molar-refractivity contribution in [2.75, 3.05) is 0 Å². The fourth-order valence-corrected chi connectivity index (χ4v) is 2.61. The molecular weight excluding hydrogens is 271 g/mol. The molecule has 3 N–H and O–H groups in total. The first-order valence-corrected chi connectivity index (χ1v) is 7.47. The molecule has 21 heavy (non-hydrogen) atoms. The van der Waals surface area contributed by atoms with Gasteiger partial charge in [-0.2, -0.15) is 0 Å². The minimum Gasteiger partial charge on any atom is -0.393 e. The highest BCUT2D eigenvalue weighted by Gasteiger charge is 2.21. The largest absolute Gasteiger partial charge is 0.393 e. The Morgan fingerprint density at radius 2 is 2.00 bits per heavy atom. The number of aryl methyl sites for hydroxylation is 1. The van der Waals surface area contributed by atoms with Crippen LogP contribution in [0.15, 0.2) is 18.2 Å². The van der Waals surface area contributed by atoms with Gasteiger partial charge in [0.05, 0.1) is 12.1 Å². The zero-order valence-electron chi connectivity index (χ0n) is 12.5. The van der Waals surface area contributed by atoms with Gasteiger partial charge in [-0.1, -0.05) is 12.1 Å². The van der Waals surface area contributed by atoms with Gasteiger partial charge in [-0.05, 0) is 56.7 Å². The summed E-state index contributed by atoms with van der Waals surface area (Å²) in [6.07, 6.45) is 2.80. The normalized spacial score (nSPS) is 23.4. The highest BCUT2D eigenvalue weighted by Crippen LogP contribution is 2.19. The Bertz CT molecular complexity index is 499. The Morgan fingerprint density at radius 1 is 1.33 bits per heavy atom. The zero-order valence-corrected chi connectivity index (χ0v) is 12.5. The third-order valence-electron chi connectivity index (χ3n) is 4.08. The van der Waals surface area contributed by atoms with E-state index in [0.29, 0.717) is 5.56 Å². The number of aliphatic hydroxyl groups excluding tert-OH is 1. The number of hydrogen-bond donors (Lipinski definition) is 3. The first kappa shape index (κ1) is 15.8. The van der Waals surface area contributed by atoms with E-state index in [2.05, 4.69) is 10.6 Å². The average molecular weight is 294 g/mol. The maximum Gasteiger partial charge on any atom is 0.315 e. The summed E-state index contributed by atoms with van der Waals surface area (Å²) in [7, 11) is 0. The Labute approximate surface area is 124 Å². The molecule has 1 fully saturated rings. The first-order chi connectivity index (χ1) is 9.95. The van der Waals surface area contributed by atoms with Crippen LogP contribution in [0.2, 0.25) is 0 Å². The van der Waals surface area contributed by atoms with E-state index in [4.69, 9.17) is 0 Å². The van der Waals surface area contributed by atoms with Crippen LogP contribution in [0.4, 0.5) is 9.18 Å². The van der Waals surface area contributed by atoms with Gasteiger partial charge < -0.3 is 15.7 Å². The Kier molecular flexibility index (Phi) is 5.17. The third-order valence-corrected chi connectivity index (χ3v) is 4.08. The number of benzene rings is 1. The molecule has 0 bridgehead atoms. The minimum atomic E-state index is -0.261. The number of carbonyl (C=O) groups excluding carboxylic acids is 1. The molecule has 0 radical (unpaired) electrons. The highest BCUT2D eigenvalue weighted by molar-refractivity contribution is 5.74. The molecule has 0 saturated heterocycles. The fourth-order valence-electron chi connectivity index (χ4n) is 2.61. The molecule has 2 rings (SSSR count). The van der Waals surface area contributed by atoms with Crippen LogP contribution in [0.3, 0.4) is 0 Å². The average Bonchev–Trinajstić information content (AvgIpc) is 2.44. The molecule has 0 aliphatic heterocycles. The van der Waals surface area contributed by atoms with E-state index in [0.717, 1.165) is 31.2 Å². The van der Waals surface area contributed by atoms with E-state index in [-0.39, 0.29) is 30.0 Å². The molecule has 1 aromatic rings. The molecule has 1 saturated carbocycles. The number of rotatable bonds is 3. The third kappa shape index (κ3) is 4.43. The zero-order chi connectivity index (χ0) is 15.4. The summed E-state index contributed by atoms with van der Waals surface area (Å²) in [6, 6.07) is 4.59. The van der Waals surface area contributed by atoms with Crippen LogP contribution >= 0.6 is 0 Å². The number of amides is 2. The summed E-state index contributed by atoms with van der Waals surface area (Å²) in [5.74, 6) is -0.261. The van der Waals surface area contributed by atoms with Crippen LogP contribution in [0.5, 0.6) is 0 Å². The lowest BCUT2D eigenvalue weighted by Gasteiger charge is -2.27. The number of hydrogen-bond acceptors (Lipinski definition) is 2. The van der Waals surface area contributed by atoms with Crippen molar-refractivity contribution in [1.29, 1.82) is 0 Å².